The van der Waals surface area contributed by atoms with Crippen LogP contribution in [-0.2, 0) is 9.47 Å². The maximum absolute atomic E-state index is 12.7. The minimum atomic E-state index is -0.951. The Kier molecular flexibility index (Phi) is 9.40. The zero-order valence-electron chi connectivity index (χ0n) is 25.5. The standard InChI is InChI=1S/C34H24Br2N6O8/c35-19-5-11-25-23(15-19)27(31(45)37-25)39-41-29(43)17-1-7-21(8-2-17)49-33-34(48-14-13-47-33)50-22-9-3-18(4-10-22)30(44)42-40-28-24-16-20(36)6-12-26(24)38-32(28)46/h1-12,15-16,33-34,37-38,45-46H,13-14H2/t33-,34-/m1/s1. The third-order valence-electron chi connectivity index (χ3n) is 7.49. The third-order valence-corrected chi connectivity index (χ3v) is 8.47. The van der Waals surface area contributed by atoms with Crippen molar-refractivity contribution in [3.05, 3.63) is 105 Å². The van der Waals surface area contributed by atoms with Gasteiger partial charge >= 0.3 is 0 Å². The predicted molar refractivity (Wildman–Crippen MR) is 187 cm³/mol. The Morgan fingerprint density at radius 2 is 1.04 bits per heavy atom. The summed E-state index contributed by atoms with van der Waals surface area (Å²) in [5, 5.41) is 37.2. The van der Waals surface area contributed by atoms with Crippen LogP contribution < -0.4 is 9.47 Å². The number of benzene rings is 4. The van der Waals surface area contributed by atoms with Gasteiger partial charge in [-0.1, -0.05) is 31.9 Å². The summed E-state index contributed by atoms with van der Waals surface area (Å²) in [6.45, 7) is 0.528. The van der Waals surface area contributed by atoms with E-state index in [9.17, 15) is 19.8 Å². The molecule has 14 nitrogen and oxygen atoms in total. The van der Waals surface area contributed by atoms with Crippen molar-refractivity contribution in [2.24, 2.45) is 20.5 Å². The van der Waals surface area contributed by atoms with Crippen LogP contribution in [0.5, 0.6) is 23.3 Å². The fraction of sp³-hybridized carbons (Fsp3) is 0.118. The summed E-state index contributed by atoms with van der Waals surface area (Å²) in [7, 11) is 0. The van der Waals surface area contributed by atoms with Gasteiger partial charge in [0.05, 0.1) is 24.2 Å². The van der Waals surface area contributed by atoms with E-state index in [0.29, 0.717) is 33.3 Å². The molecule has 252 valence electrons. The quantitative estimate of drug-likeness (QED) is 0.110. The number of hydrogen-bond acceptors (Lipinski definition) is 10. The Bertz CT molecular complexity index is 2120. The number of amides is 2. The smallest absolute Gasteiger partial charge is 0.295 e. The van der Waals surface area contributed by atoms with Gasteiger partial charge in [-0.25, -0.2) is 0 Å². The number of azo groups is 2. The molecule has 0 unspecified atom stereocenters. The molecule has 0 aliphatic carbocycles. The molecule has 1 fully saturated rings. The zero-order chi connectivity index (χ0) is 34.8. The summed E-state index contributed by atoms with van der Waals surface area (Å²) >= 11 is 6.77. The van der Waals surface area contributed by atoms with Crippen molar-refractivity contribution in [1.29, 1.82) is 0 Å². The van der Waals surface area contributed by atoms with E-state index in [1.165, 1.54) is 24.3 Å². The van der Waals surface area contributed by atoms with Crippen molar-refractivity contribution in [2.45, 2.75) is 12.6 Å². The second kappa shape index (κ2) is 14.2. The number of aromatic nitrogens is 2. The highest BCUT2D eigenvalue weighted by atomic mass is 79.9. The number of hydrogen-bond donors (Lipinski definition) is 4. The Labute approximate surface area is 299 Å². The van der Waals surface area contributed by atoms with Crippen molar-refractivity contribution >= 4 is 76.9 Å². The van der Waals surface area contributed by atoms with E-state index in [1.807, 2.05) is 12.1 Å². The van der Waals surface area contributed by atoms with Gasteiger partial charge in [0.1, 0.15) is 11.5 Å². The summed E-state index contributed by atoms with van der Waals surface area (Å²) in [5.41, 5.74) is 2.09. The number of carbonyl (C=O) groups excluding carboxylic acids is 2. The number of fused-ring (bicyclic) bond motifs is 2. The molecule has 2 amide bonds. The van der Waals surface area contributed by atoms with Gasteiger partial charge in [0.25, 0.3) is 24.4 Å². The first-order chi connectivity index (χ1) is 24.2. The fourth-order valence-corrected chi connectivity index (χ4v) is 5.79. The Hall–Kier alpha value is -5.42. The van der Waals surface area contributed by atoms with Crippen LogP contribution in [0.25, 0.3) is 21.8 Å². The predicted octanol–water partition coefficient (Wildman–Crippen LogP) is 8.59. The van der Waals surface area contributed by atoms with Crippen LogP contribution in [0, 0.1) is 0 Å². The molecule has 0 radical (unpaired) electrons. The molecule has 0 spiro atoms. The molecule has 16 heteroatoms. The maximum atomic E-state index is 12.7. The molecule has 2 atom stereocenters. The average Bonchev–Trinajstić information content (AvgIpc) is 3.60. The highest BCUT2D eigenvalue weighted by Crippen LogP contribution is 2.38. The van der Waals surface area contributed by atoms with Crippen molar-refractivity contribution in [3.63, 3.8) is 0 Å². The van der Waals surface area contributed by atoms with E-state index in [4.69, 9.17) is 18.9 Å². The highest BCUT2D eigenvalue weighted by molar-refractivity contribution is 9.10. The Morgan fingerprint density at radius 3 is 1.44 bits per heavy atom. The molecular formula is C34H24Br2N6O8. The maximum Gasteiger partial charge on any atom is 0.295 e. The van der Waals surface area contributed by atoms with E-state index >= 15 is 0 Å². The Balaban J connectivity index is 0.971. The normalized spacial score (nSPS) is 16.4. The van der Waals surface area contributed by atoms with E-state index in [1.54, 1.807) is 48.5 Å². The fourth-order valence-electron chi connectivity index (χ4n) is 5.07. The van der Waals surface area contributed by atoms with E-state index in [-0.39, 0.29) is 47.5 Å². The number of aromatic amines is 2. The molecule has 1 aliphatic heterocycles. The average molecular weight is 804 g/mol. The lowest BCUT2D eigenvalue weighted by molar-refractivity contribution is -0.271. The first-order valence-electron chi connectivity index (χ1n) is 14.9. The molecule has 4 aromatic carbocycles. The van der Waals surface area contributed by atoms with Crippen LogP contribution >= 0.6 is 31.9 Å². The number of H-pyrrole nitrogens is 2. The zero-order valence-corrected chi connectivity index (χ0v) is 28.7. The number of carbonyl (C=O) groups is 2. The summed E-state index contributed by atoms with van der Waals surface area (Å²) in [6, 6.07) is 23.0. The molecule has 0 bridgehead atoms. The molecule has 3 heterocycles. The number of nitrogens with one attached hydrogen (secondary N) is 2. The minimum absolute atomic E-state index is 0.151. The van der Waals surface area contributed by atoms with Crippen LogP contribution in [0.15, 0.2) is 114 Å². The summed E-state index contributed by atoms with van der Waals surface area (Å²) in [5.74, 6) is -0.885. The Morgan fingerprint density at radius 1 is 0.640 bits per heavy atom. The van der Waals surface area contributed by atoms with E-state index in [2.05, 4.69) is 62.3 Å². The van der Waals surface area contributed by atoms with Gasteiger partial charge in [-0.2, -0.15) is 0 Å². The van der Waals surface area contributed by atoms with Gasteiger partial charge < -0.3 is 39.1 Å². The van der Waals surface area contributed by atoms with Crippen molar-refractivity contribution in [2.75, 3.05) is 13.2 Å². The number of nitrogens with zero attached hydrogens (tertiary/aromatic N) is 4. The molecule has 4 N–H and O–H groups in total. The topological polar surface area (TPSA) is 193 Å². The summed E-state index contributed by atoms with van der Waals surface area (Å²) in [4.78, 5) is 31.0. The van der Waals surface area contributed by atoms with Crippen molar-refractivity contribution < 1.29 is 38.7 Å². The molecular weight excluding hydrogens is 780 g/mol. The molecule has 2 aromatic heterocycles. The summed E-state index contributed by atoms with van der Waals surface area (Å²) in [6.07, 6.45) is -1.90. The van der Waals surface area contributed by atoms with Crippen LogP contribution in [0.3, 0.4) is 0 Å². The molecule has 50 heavy (non-hydrogen) atoms. The van der Waals surface area contributed by atoms with Crippen LogP contribution in [0.2, 0.25) is 0 Å². The molecule has 6 aromatic rings. The van der Waals surface area contributed by atoms with Crippen LogP contribution in [-0.4, -0.2) is 57.8 Å². The number of aromatic hydroxyl groups is 2. The first kappa shape index (κ1) is 33.1. The number of halogens is 2. The third kappa shape index (κ3) is 7.13. The SMILES string of the molecule is O=C(N=Nc1c(O)[nH]c2ccc(Br)cc12)c1ccc(O[C@H]2OCCO[C@@H]2Oc2ccc(C(=O)N=Nc3c(O)[nH]c4ccc(Br)cc34)cc2)cc1. The van der Waals surface area contributed by atoms with Gasteiger partial charge in [-0.15, -0.1) is 20.5 Å². The molecule has 1 aliphatic rings. The minimum Gasteiger partial charge on any atom is -0.493 e. The van der Waals surface area contributed by atoms with Crippen molar-refractivity contribution in [1.82, 2.24) is 9.97 Å². The lowest BCUT2D eigenvalue weighted by Gasteiger charge is -2.31. The van der Waals surface area contributed by atoms with E-state index in [0.717, 1.165) is 8.95 Å². The van der Waals surface area contributed by atoms with Gasteiger partial charge in [-0.3, -0.25) is 9.59 Å². The van der Waals surface area contributed by atoms with Gasteiger partial charge in [0.15, 0.2) is 11.4 Å². The molecule has 0 saturated carbocycles. The summed E-state index contributed by atoms with van der Waals surface area (Å²) < 4.78 is 25.0. The lowest BCUT2D eigenvalue weighted by Crippen LogP contribution is -2.45. The second-order valence-corrected chi connectivity index (χ2v) is 12.6. The molecule has 7 rings (SSSR count). The van der Waals surface area contributed by atoms with Crippen molar-refractivity contribution in [3.8, 4) is 23.3 Å². The van der Waals surface area contributed by atoms with Gasteiger partial charge in [-0.05, 0) is 84.9 Å². The largest absolute Gasteiger partial charge is 0.493 e. The number of rotatable bonds is 8. The van der Waals surface area contributed by atoms with Crippen LogP contribution in [0.1, 0.15) is 20.7 Å². The highest BCUT2D eigenvalue weighted by Gasteiger charge is 2.31. The van der Waals surface area contributed by atoms with Gasteiger partial charge in [0, 0.05) is 30.8 Å². The number of ether oxygens (including phenoxy) is 4. The van der Waals surface area contributed by atoms with E-state index < -0.39 is 24.4 Å². The molecule has 1 saturated heterocycles. The second-order valence-electron chi connectivity index (χ2n) is 10.8. The first-order valence-corrected chi connectivity index (χ1v) is 16.5. The van der Waals surface area contributed by atoms with Gasteiger partial charge in [0.2, 0.25) is 11.8 Å². The monoisotopic (exact) mass is 802 g/mol. The lowest BCUT2D eigenvalue weighted by atomic mass is 10.2. The van der Waals surface area contributed by atoms with Crippen LogP contribution in [0.4, 0.5) is 11.4 Å².